The van der Waals surface area contributed by atoms with E-state index in [0.717, 1.165) is 31.6 Å². The van der Waals surface area contributed by atoms with Gasteiger partial charge in [0.2, 0.25) is 0 Å². The zero-order valence-electron chi connectivity index (χ0n) is 11.8. The second kappa shape index (κ2) is 8.93. The largest absolute Gasteiger partial charge is 0.393 e. The monoisotopic (exact) mass is 241 g/mol. The summed E-state index contributed by atoms with van der Waals surface area (Å²) in [5, 5.41) is 13.1. The van der Waals surface area contributed by atoms with Crippen molar-refractivity contribution in [3.63, 3.8) is 0 Å². The summed E-state index contributed by atoms with van der Waals surface area (Å²) < 4.78 is 0. The van der Waals surface area contributed by atoms with Gasteiger partial charge in [0.05, 0.1) is 6.10 Å². The van der Waals surface area contributed by atoms with Crippen molar-refractivity contribution in [1.82, 2.24) is 5.32 Å². The summed E-state index contributed by atoms with van der Waals surface area (Å²) >= 11 is 0. The van der Waals surface area contributed by atoms with Crippen LogP contribution in [0.3, 0.4) is 0 Å². The molecular formula is C15H31NO. The van der Waals surface area contributed by atoms with Gasteiger partial charge >= 0.3 is 0 Å². The molecular weight excluding hydrogens is 210 g/mol. The maximum absolute atomic E-state index is 9.45. The van der Waals surface area contributed by atoms with Gasteiger partial charge in [0.15, 0.2) is 0 Å². The Labute approximate surface area is 107 Å². The van der Waals surface area contributed by atoms with E-state index >= 15 is 0 Å². The van der Waals surface area contributed by atoms with E-state index in [4.69, 9.17) is 0 Å². The molecule has 0 aromatic rings. The van der Waals surface area contributed by atoms with Crippen molar-refractivity contribution in [3.8, 4) is 0 Å². The molecule has 0 bridgehead atoms. The van der Waals surface area contributed by atoms with Crippen LogP contribution in [0.25, 0.3) is 0 Å². The van der Waals surface area contributed by atoms with Crippen molar-refractivity contribution in [2.75, 3.05) is 6.54 Å². The molecule has 0 heterocycles. The van der Waals surface area contributed by atoms with Gasteiger partial charge in [0.1, 0.15) is 0 Å². The zero-order valence-corrected chi connectivity index (χ0v) is 11.8. The van der Waals surface area contributed by atoms with Crippen molar-refractivity contribution in [3.05, 3.63) is 0 Å². The fraction of sp³-hybridized carbons (Fsp3) is 1.00. The minimum absolute atomic E-state index is 0.0269. The van der Waals surface area contributed by atoms with E-state index in [-0.39, 0.29) is 6.10 Å². The van der Waals surface area contributed by atoms with Crippen LogP contribution in [0.2, 0.25) is 0 Å². The van der Waals surface area contributed by atoms with Crippen LogP contribution in [0.1, 0.15) is 71.6 Å². The van der Waals surface area contributed by atoms with Crippen LogP contribution in [0.15, 0.2) is 0 Å². The first-order valence-electron chi connectivity index (χ1n) is 7.67. The van der Waals surface area contributed by atoms with Crippen LogP contribution in [-0.2, 0) is 0 Å². The first kappa shape index (κ1) is 15.0. The molecule has 102 valence electrons. The van der Waals surface area contributed by atoms with E-state index in [1.807, 2.05) is 0 Å². The third-order valence-corrected chi connectivity index (χ3v) is 4.23. The molecule has 0 aromatic carbocycles. The molecule has 0 radical (unpaired) electrons. The minimum atomic E-state index is -0.0269. The minimum Gasteiger partial charge on any atom is -0.393 e. The van der Waals surface area contributed by atoms with Gasteiger partial charge < -0.3 is 10.4 Å². The van der Waals surface area contributed by atoms with E-state index in [2.05, 4.69) is 19.2 Å². The quantitative estimate of drug-likeness (QED) is 0.682. The lowest BCUT2D eigenvalue weighted by Crippen LogP contribution is -2.35. The van der Waals surface area contributed by atoms with Crippen molar-refractivity contribution < 1.29 is 5.11 Å². The lowest BCUT2D eigenvalue weighted by Gasteiger charge is -2.27. The Balaban J connectivity index is 2.05. The Hall–Kier alpha value is -0.0800. The van der Waals surface area contributed by atoms with Gasteiger partial charge in [-0.3, -0.25) is 0 Å². The molecule has 1 saturated carbocycles. The highest BCUT2D eigenvalue weighted by Crippen LogP contribution is 2.19. The molecule has 1 aliphatic rings. The third-order valence-electron chi connectivity index (χ3n) is 4.23. The molecule has 2 heteroatoms. The van der Waals surface area contributed by atoms with E-state index in [1.54, 1.807) is 0 Å². The first-order chi connectivity index (χ1) is 8.26. The van der Waals surface area contributed by atoms with Crippen LogP contribution in [0, 0.1) is 5.92 Å². The highest BCUT2D eigenvalue weighted by atomic mass is 16.3. The van der Waals surface area contributed by atoms with Crippen molar-refractivity contribution in [1.29, 1.82) is 0 Å². The van der Waals surface area contributed by atoms with Gasteiger partial charge in [0.25, 0.3) is 0 Å². The van der Waals surface area contributed by atoms with E-state index in [0.29, 0.717) is 6.04 Å². The van der Waals surface area contributed by atoms with Crippen LogP contribution in [-0.4, -0.2) is 23.8 Å². The maximum atomic E-state index is 9.45. The molecule has 1 rings (SSSR count). The van der Waals surface area contributed by atoms with Gasteiger partial charge in [-0.2, -0.15) is 0 Å². The molecule has 0 aliphatic heterocycles. The summed E-state index contributed by atoms with van der Waals surface area (Å²) in [6.07, 6.45) is 11.0. The fourth-order valence-electron chi connectivity index (χ4n) is 2.82. The summed E-state index contributed by atoms with van der Waals surface area (Å²) in [5.74, 6) is 0.914. The second-order valence-corrected chi connectivity index (χ2v) is 5.66. The first-order valence-corrected chi connectivity index (χ1v) is 7.67. The van der Waals surface area contributed by atoms with Gasteiger partial charge in [0, 0.05) is 6.04 Å². The normalized spacial score (nSPS) is 27.0. The molecule has 0 amide bonds. The lowest BCUT2D eigenvalue weighted by molar-refractivity contribution is 0.116. The Morgan fingerprint density at radius 3 is 2.41 bits per heavy atom. The molecule has 1 atom stereocenters. The number of hydrogen-bond donors (Lipinski definition) is 2. The summed E-state index contributed by atoms with van der Waals surface area (Å²) in [5.41, 5.74) is 0. The Bertz CT molecular complexity index is 171. The number of aliphatic hydroxyl groups excluding tert-OH is 1. The van der Waals surface area contributed by atoms with Crippen LogP contribution < -0.4 is 5.32 Å². The number of nitrogens with one attached hydrogen (secondary N) is 1. The Kier molecular flexibility index (Phi) is 7.87. The maximum Gasteiger partial charge on any atom is 0.0541 e. The second-order valence-electron chi connectivity index (χ2n) is 5.66. The topological polar surface area (TPSA) is 32.3 Å². The van der Waals surface area contributed by atoms with Gasteiger partial charge in [-0.15, -0.1) is 0 Å². The third kappa shape index (κ3) is 6.42. The smallest absolute Gasteiger partial charge is 0.0541 e. The van der Waals surface area contributed by atoms with Crippen LogP contribution in [0.5, 0.6) is 0 Å². The zero-order chi connectivity index (χ0) is 12.5. The van der Waals surface area contributed by atoms with Crippen molar-refractivity contribution >= 4 is 0 Å². The molecule has 0 aromatic heterocycles. The number of hydrogen-bond acceptors (Lipinski definition) is 2. The summed E-state index contributed by atoms with van der Waals surface area (Å²) in [6.45, 7) is 5.76. The van der Waals surface area contributed by atoms with E-state index in [1.165, 1.54) is 38.6 Å². The molecule has 1 fully saturated rings. The number of aliphatic hydroxyl groups is 1. The van der Waals surface area contributed by atoms with Gasteiger partial charge in [-0.05, 0) is 44.6 Å². The van der Waals surface area contributed by atoms with Crippen molar-refractivity contribution in [2.24, 2.45) is 5.92 Å². The molecule has 0 unspecified atom stereocenters. The Morgan fingerprint density at radius 2 is 1.82 bits per heavy atom. The number of unbranched alkanes of at least 4 members (excludes halogenated alkanes) is 1. The number of rotatable bonds is 8. The van der Waals surface area contributed by atoms with Crippen LogP contribution >= 0.6 is 0 Å². The van der Waals surface area contributed by atoms with Gasteiger partial charge in [-0.25, -0.2) is 0 Å². The van der Waals surface area contributed by atoms with E-state index < -0.39 is 0 Å². The average Bonchev–Trinajstić information content (AvgIpc) is 2.36. The molecule has 0 saturated heterocycles. The van der Waals surface area contributed by atoms with Crippen LogP contribution in [0.4, 0.5) is 0 Å². The summed E-state index contributed by atoms with van der Waals surface area (Å²) in [4.78, 5) is 0. The predicted octanol–water partition coefficient (Wildman–Crippen LogP) is 3.49. The fourth-order valence-corrected chi connectivity index (χ4v) is 2.82. The molecule has 2 N–H and O–H groups in total. The molecule has 2 nitrogen and oxygen atoms in total. The highest BCUT2D eigenvalue weighted by Gasteiger charge is 2.18. The van der Waals surface area contributed by atoms with Crippen molar-refractivity contribution in [2.45, 2.75) is 83.8 Å². The highest BCUT2D eigenvalue weighted by molar-refractivity contribution is 4.76. The molecule has 17 heavy (non-hydrogen) atoms. The molecule has 1 aliphatic carbocycles. The summed E-state index contributed by atoms with van der Waals surface area (Å²) in [6, 6.07) is 0.669. The standard InChI is InChI=1S/C15H31NO/c1-3-5-6-13(4-2)11-12-16-14-7-9-15(17)10-8-14/h13-17H,3-12H2,1-2H3/t13-,14?,15?/m1/s1. The lowest BCUT2D eigenvalue weighted by atomic mass is 9.92. The SMILES string of the molecule is CCCC[C@@H](CC)CCNC1CCC(O)CC1. The summed E-state index contributed by atoms with van der Waals surface area (Å²) in [7, 11) is 0. The van der Waals surface area contributed by atoms with E-state index in [9.17, 15) is 5.11 Å². The average molecular weight is 241 g/mol. The van der Waals surface area contributed by atoms with Gasteiger partial charge in [-0.1, -0.05) is 39.5 Å². The predicted molar refractivity (Wildman–Crippen MR) is 74.2 cm³/mol. The molecule has 0 spiro atoms. The Morgan fingerprint density at radius 1 is 1.12 bits per heavy atom.